The topological polar surface area (TPSA) is 52.6 Å². The zero-order chi connectivity index (χ0) is 9.97. The van der Waals surface area contributed by atoms with Gasteiger partial charge in [0.1, 0.15) is 0 Å². The van der Waals surface area contributed by atoms with Crippen LogP contribution < -0.4 is 5.32 Å². The molecule has 2 saturated heterocycles. The highest BCUT2D eigenvalue weighted by Gasteiger charge is 2.27. The molecule has 0 bridgehead atoms. The Morgan fingerprint density at radius 1 is 1.50 bits per heavy atom. The Morgan fingerprint density at radius 3 is 2.93 bits per heavy atom. The van der Waals surface area contributed by atoms with E-state index in [4.69, 9.17) is 5.11 Å². The summed E-state index contributed by atoms with van der Waals surface area (Å²) in [6.07, 6.45) is 2.75. The molecular formula is C10H18N2O2. The van der Waals surface area contributed by atoms with E-state index in [9.17, 15) is 4.79 Å². The Labute approximate surface area is 84.3 Å². The molecule has 2 aliphatic heterocycles. The molecule has 2 N–H and O–H groups in total. The van der Waals surface area contributed by atoms with Crippen molar-refractivity contribution in [2.75, 3.05) is 26.2 Å². The van der Waals surface area contributed by atoms with Gasteiger partial charge in [0.15, 0.2) is 0 Å². The number of nitrogens with one attached hydrogen (secondary N) is 1. The van der Waals surface area contributed by atoms with Gasteiger partial charge in [-0.15, -0.1) is 0 Å². The number of nitrogens with zero attached hydrogens (tertiary/aromatic N) is 1. The van der Waals surface area contributed by atoms with Crippen molar-refractivity contribution in [2.24, 2.45) is 5.92 Å². The first-order valence-electron chi connectivity index (χ1n) is 5.40. The monoisotopic (exact) mass is 198 g/mol. The van der Waals surface area contributed by atoms with Gasteiger partial charge in [-0.2, -0.15) is 0 Å². The van der Waals surface area contributed by atoms with Gasteiger partial charge in [-0.25, -0.2) is 0 Å². The summed E-state index contributed by atoms with van der Waals surface area (Å²) >= 11 is 0. The number of aliphatic hydroxyl groups excluding tert-OH is 1. The lowest BCUT2D eigenvalue weighted by Gasteiger charge is -2.19. The highest BCUT2D eigenvalue weighted by molar-refractivity contribution is 5.78. The molecule has 0 saturated carbocycles. The fourth-order valence-corrected chi connectivity index (χ4v) is 2.35. The molecule has 0 aromatic carbocycles. The summed E-state index contributed by atoms with van der Waals surface area (Å²) in [5.74, 6) is 0.639. The molecule has 2 aliphatic rings. The molecule has 4 heteroatoms. The van der Waals surface area contributed by atoms with Crippen molar-refractivity contribution < 1.29 is 9.90 Å². The Balaban J connectivity index is 1.73. The van der Waals surface area contributed by atoms with Gasteiger partial charge in [-0.1, -0.05) is 0 Å². The van der Waals surface area contributed by atoms with Crippen molar-refractivity contribution in [1.82, 2.24) is 10.2 Å². The lowest BCUT2D eigenvalue weighted by molar-refractivity contribution is -0.119. The third-order valence-corrected chi connectivity index (χ3v) is 3.19. The summed E-state index contributed by atoms with van der Waals surface area (Å²) in [4.78, 5) is 13.3. The molecule has 1 amide bonds. The van der Waals surface area contributed by atoms with Crippen molar-refractivity contribution in [3.05, 3.63) is 0 Å². The molecule has 0 aromatic rings. The zero-order valence-electron chi connectivity index (χ0n) is 8.41. The predicted octanol–water partition coefficient (Wildman–Crippen LogP) is -0.421. The van der Waals surface area contributed by atoms with Crippen molar-refractivity contribution >= 4 is 5.91 Å². The van der Waals surface area contributed by atoms with Crippen LogP contribution in [0.1, 0.15) is 19.3 Å². The summed E-state index contributed by atoms with van der Waals surface area (Å²) in [7, 11) is 0. The predicted molar refractivity (Wildman–Crippen MR) is 52.8 cm³/mol. The van der Waals surface area contributed by atoms with Gasteiger partial charge in [0, 0.05) is 32.2 Å². The lowest BCUT2D eigenvalue weighted by atomic mass is 10.1. The fourth-order valence-electron chi connectivity index (χ4n) is 2.35. The minimum atomic E-state index is 0.188. The van der Waals surface area contributed by atoms with Crippen LogP contribution in [-0.2, 0) is 4.79 Å². The summed E-state index contributed by atoms with van der Waals surface area (Å²) in [5, 5.41) is 12.0. The molecule has 2 heterocycles. The van der Waals surface area contributed by atoms with Crippen molar-refractivity contribution in [3.63, 3.8) is 0 Å². The molecule has 2 unspecified atom stereocenters. The van der Waals surface area contributed by atoms with Crippen LogP contribution in [0, 0.1) is 5.92 Å². The highest BCUT2D eigenvalue weighted by atomic mass is 16.3. The molecule has 4 nitrogen and oxygen atoms in total. The van der Waals surface area contributed by atoms with E-state index in [0.29, 0.717) is 25.0 Å². The second kappa shape index (κ2) is 4.28. The van der Waals surface area contributed by atoms with Gasteiger partial charge >= 0.3 is 0 Å². The van der Waals surface area contributed by atoms with Crippen molar-refractivity contribution in [1.29, 1.82) is 0 Å². The number of likely N-dealkylation sites (tertiary alicyclic amines) is 1. The van der Waals surface area contributed by atoms with Crippen LogP contribution in [0.3, 0.4) is 0 Å². The number of carbonyl (C=O) groups is 1. The molecule has 2 atom stereocenters. The van der Waals surface area contributed by atoms with Gasteiger partial charge in [-0.05, 0) is 25.3 Å². The first-order valence-corrected chi connectivity index (χ1v) is 5.40. The first-order chi connectivity index (χ1) is 6.78. The van der Waals surface area contributed by atoms with Gasteiger partial charge in [0.2, 0.25) is 5.91 Å². The summed E-state index contributed by atoms with van der Waals surface area (Å²) in [6.45, 7) is 3.32. The Bertz CT molecular complexity index is 220. The van der Waals surface area contributed by atoms with Crippen LogP contribution in [0.5, 0.6) is 0 Å². The van der Waals surface area contributed by atoms with Crippen LogP contribution in [0.4, 0.5) is 0 Å². The van der Waals surface area contributed by atoms with Crippen LogP contribution >= 0.6 is 0 Å². The van der Waals surface area contributed by atoms with Crippen LogP contribution in [0.2, 0.25) is 0 Å². The molecule has 0 aliphatic carbocycles. The van der Waals surface area contributed by atoms with Crippen molar-refractivity contribution in [3.8, 4) is 0 Å². The smallest absolute Gasteiger partial charge is 0.220 e. The average molecular weight is 198 g/mol. The summed E-state index contributed by atoms with van der Waals surface area (Å²) < 4.78 is 0. The fraction of sp³-hybridized carbons (Fsp3) is 0.900. The quantitative estimate of drug-likeness (QED) is 0.647. The van der Waals surface area contributed by atoms with Crippen molar-refractivity contribution in [2.45, 2.75) is 25.3 Å². The number of carbonyl (C=O) groups excluding carboxylic acids is 1. The maximum Gasteiger partial charge on any atom is 0.220 e. The van der Waals surface area contributed by atoms with E-state index in [1.807, 2.05) is 0 Å². The molecule has 0 spiro atoms. The molecular weight excluding hydrogens is 180 g/mol. The van der Waals surface area contributed by atoms with E-state index in [2.05, 4.69) is 10.2 Å². The maximum absolute atomic E-state index is 11.0. The summed E-state index contributed by atoms with van der Waals surface area (Å²) in [5.41, 5.74) is 0. The van der Waals surface area contributed by atoms with E-state index < -0.39 is 0 Å². The average Bonchev–Trinajstić information content (AvgIpc) is 2.76. The molecule has 14 heavy (non-hydrogen) atoms. The van der Waals surface area contributed by atoms with E-state index in [1.54, 1.807) is 0 Å². The SMILES string of the molecule is O=C1CCC(CN2CCC(CO)C2)N1. The van der Waals surface area contributed by atoms with E-state index >= 15 is 0 Å². The van der Waals surface area contributed by atoms with Gasteiger partial charge in [-0.3, -0.25) is 4.79 Å². The molecule has 0 aromatic heterocycles. The normalized spacial score (nSPS) is 33.6. The maximum atomic E-state index is 11.0. The largest absolute Gasteiger partial charge is 0.396 e. The van der Waals surface area contributed by atoms with Crippen LogP contribution in [-0.4, -0.2) is 48.2 Å². The standard InChI is InChI=1S/C10H18N2O2/c13-7-8-3-4-12(5-8)6-9-1-2-10(14)11-9/h8-9,13H,1-7H2,(H,11,14). The molecule has 2 rings (SSSR count). The third kappa shape index (κ3) is 2.25. The van der Waals surface area contributed by atoms with E-state index in [-0.39, 0.29) is 5.91 Å². The first kappa shape index (κ1) is 9.93. The number of amides is 1. The zero-order valence-corrected chi connectivity index (χ0v) is 8.41. The number of aliphatic hydroxyl groups is 1. The Kier molecular flexibility index (Phi) is 3.03. The minimum Gasteiger partial charge on any atom is -0.396 e. The van der Waals surface area contributed by atoms with Gasteiger partial charge in [0.25, 0.3) is 0 Å². The van der Waals surface area contributed by atoms with E-state index in [0.717, 1.165) is 32.5 Å². The lowest BCUT2D eigenvalue weighted by Crippen LogP contribution is -2.37. The number of hydrogen-bond donors (Lipinski definition) is 2. The third-order valence-electron chi connectivity index (χ3n) is 3.19. The van der Waals surface area contributed by atoms with Gasteiger partial charge in [0.05, 0.1) is 0 Å². The second-order valence-corrected chi connectivity index (χ2v) is 4.40. The molecule has 80 valence electrons. The van der Waals surface area contributed by atoms with Crippen LogP contribution in [0.15, 0.2) is 0 Å². The van der Waals surface area contributed by atoms with Gasteiger partial charge < -0.3 is 15.3 Å². The van der Waals surface area contributed by atoms with Crippen LogP contribution in [0.25, 0.3) is 0 Å². The minimum absolute atomic E-state index is 0.188. The Morgan fingerprint density at radius 2 is 2.36 bits per heavy atom. The summed E-state index contributed by atoms with van der Waals surface area (Å²) in [6, 6.07) is 0.347. The number of hydrogen-bond acceptors (Lipinski definition) is 3. The van der Waals surface area contributed by atoms with E-state index in [1.165, 1.54) is 0 Å². The number of rotatable bonds is 3. The molecule has 2 fully saturated rings. The second-order valence-electron chi connectivity index (χ2n) is 4.40. The highest BCUT2D eigenvalue weighted by Crippen LogP contribution is 2.17. The Hall–Kier alpha value is -0.610. The molecule has 0 radical (unpaired) electrons.